The van der Waals surface area contributed by atoms with Gasteiger partial charge in [-0.15, -0.1) is 11.3 Å². The molecule has 0 atom stereocenters. The molecule has 3 N–H and O–H groups in total. The van der Waals surface area contributed by atoms with Gasteiger partial charge >= 0.3 is 0 Å². The van der Waals surface area contributed by atoms with Gasteiger partial charge in [0.15, 0.2) is 0 Å². The molecule has 2 rings (SSSR count). The Morgan fingerprint density at radius 3 is 2.79 bits per heavy atom. The maximum atomic E-state index is 11.2. The largest absolute Gasteiger partial charge is 0.495 e. The zero-order chi connectivity index (χ0) is 13.8. The van der Waals surface area contributed by atoms with E-state index in [9.17, 15) is 4.79 Å². The highest BCUT2D eigenvalue weighted by molar-refractivity contribution is 9.11. The molecule has 100 valence electrons. The van der Waals surface area contributed by atoms with E-state index in [1.54, 1.807) is 36.6 Å². The number of benzene rings is 1. The monoisotopic (exact) mass is 340 g/mol. The number of hydrogen-bond acceptors (Lipinski definition) is 4. The predicted octanol–water partition coefficient (Wildman–Crippen LogP) is 3.23. The van der Waals surface area contributed by atoms with E-state index in [0.717, 1.165) is 9.47 Å². The second-order valence-electron chi connectivity index (χ2n) is 3.84. The minimum Gasteiger partial charge on any atom is -0.495 e. The summed E-state index contributed by atoms with van der Waals surface area (Å²) in [5, 5.41) is 3.25. The van der Waals surface area contributed by atoms with Crippen LogP contribution < -0.4 is 15.8 Å². The van der Waals surface area contributed by atoms with E-state index in [0.29, 0.717) is 17.9 Å². The fraction of sp³-hybridized carbons (Fsp3) is 0.154. The molecule has 1 aromatic heterocycles. The standard InChI is InChI=1S/C13H13BrN2O2S/c1-18-11-4-2-8(13(15)17)6-10(11)16-7-9-3-5-12(14)19-9/h2-6,16H,7H2,1H3,(H2,15,17). The van der Waals surface area contributed by atoms with Gasteiger partial charge in [0, 0.05) is 17.0 Å². The number of methoxy groups -OCH3 is 1. The number of ether oxygens (including phenoxy) is 1. The molecule has 1 amide bonds. The van der Waals surface area contributed by atoms with Gasteiger partial charge in [-0.1, -0.05) is 0 Å². The van der Waals surface area contributed by atoms with Crippen LogP contribution in [0.5, 0.6) is 5.75 Å². The summed E-state index contributed by atoms with van der Waals surface area (Å²) in [4.78, 5) is 12.4. The molecule has 0 aliphatic carbocycles. The Bertz CT molecular complexity index is 598. The lowest BCUT2D eigenvalue weighted by Gasteiger charge is -2.11. The van der Waals surface area contributed by atoms with Crippen molar-refractivity contribution in [3.63, 3.8) is 0 Å². The topological polar surface area (TPSA) is 64.3 Å². The van der Waals surface area contributed by atoms with Crippen LogP contribution in [0, 0.1) is 0 Å². The Balaban J connectivity index is 2.17. The summed E-state index contributed by atoms with van der Waals surface area (Å²) in [7, 11) is 1.59. The Morgan fingerprint density at radius 2 is 2.21 bits per heavy atom. The lowest BCUT2D eigenvalue weighted by atomic mass is 10.1. The molecule has 1 aromatic carbocycles. The minimum atomic E-state index is -0.454. The second-order valence-corrected chi connectivity index (χ2v) is 6.39. The number of rotatable bonds is 5. The third-order valence-electron chi connectivity index (χ3n) is 2.57. The number of primary amides is 1. The van der Waals surface area contributed by atoms with Crippen molar-refractivity contribution < 1.29 is 9.53 Å². The number of nitrogens with two attached hydrogens (primary N) is 1. The van der Waals surface area contributed by atoms with Crippen LogP contribution in [0.2, 0.25) is 0 Å². The third-order valence-corrected chi connectivity index (χ3v) is 4.19. The first-order chi connectivity index (χ1) is 9.10. The number of anilines is 1. The van der Waals surface area contributed by atoms with Gasteiger partial charge in [-0.2, -0.15) is 0 Å². The van der Waals surface area contributed by atoms with Gasteiger partial charge in [-0.25, -0.2) is 0 Å². The van der Waals surface area contributed by atoms with Gasteiger partial charge in [-0.05, 0) is 46.3 Å². The molecule has 2 aromatic rings. The highest BCUT2D eigenvalue weighted by atomic mass is 79.9. The smallest absolute Gasteiger partial charge is 0.248 e. The summed E-state index contributed by atoms with van der Waals surface area (Å²) in [6.45, 7) is 0.662. The highest BCUT2D eigenvalue weighted by Gasteiger charge is 2.08. The van der Waals surface area contributed by atoms with E-state index in [1.165, 1.54) is 4.88 Å². The molecule has 0 unspecified atom stereocenters. The zero-order valence-corrected chi connectivity index (χ0v) is 12.7. The predicted molar refractivity (Wildman–Crippen MR) is 80.9 cm³/mol. The molecule has 0 fully saturated rings. The average Bonchev–Trinajstić information content (AvgIpc) is 2.81. The molecule has 1 heterocycles. The van der Waals surface area contributed by atoms with Gasteiger partial charge in [0.05, 0.1) is 16.6 Å². The quantitative estimate of drug-likeness (QED) is 0.878. The Morgan fingerprint density at radius 1 is 1.42 bits per heavy atom. The first-order valence-corrected chi connectivity index (χ1v) is 7.17. The number of carbonyl (C=O) groups excluding carboxylic acids is 1. The molecule has 19 heavy (non-hydrogen) atoms. The van der Waals surface area contributed by atoms with Crippen molar-refractivity contribution in [1.29, 1.82) is 0 Å². The number of carbonyl (C=O) groups is 1. The molecule has 0 bridgehead atoms. The molecule has 4 nitrogen and oxygen atoms in total. The maximum Gasteiger partial charge on any atom is 0.248 e. The molecule has 0 radical (unpaired) electrons. The van der Waals surface area contributed by atoms with Crippen LogP contribution in [0.1, 0.15) is 15.2 Å². The first kappa shape index (κ1) is 13.9. The van der Waals surface area contributed by atoms with E-state index in [-0.39, 0.29) is 0 Å². The first-order valence-electron chi connectivity index (χ1n) is 5.56. The molecule has 6 heteroatoms. The van der Waals surface area contributed by atoms with Crippen LogP contribution >= 0.6 is 27.3 Å². The van der Waals surface area contributed by atoms with E-state index in [2.05, 4.69) is 21.2 Å². The molecule has 0 aliphatic rings. The van der Waals surface area contributed by atoms with Crippen LogP contribution in [0.25, 0.3) is 0 Å². The second kappa shape index (κ2) is 6.08. The van der Waals surface area contributed by atoms with Gasteiger partial charge in [0.2, 0.25) is 5.91 Å². The Hall–Kier alpha value is -1.53. The van der Waals surface area contributed by atoms with E-state index >= 15 is 0 Å². The van der Waals surface area contributed by atoms with Crippen molar-refractivity contribution in [2.24, 2.45) is 5.73 Å². The zero-order valence-electron chi connectivity index (χ0n) is 10.3. The van der Waals surface area contributed by atoms with Crippen LogP contribution in [-0.4, -0.2) is 13.0 Å². The fourth-order valence-electron chi connectivity index (χ4n) is 1.63. The van der Waals surface area contributed by atoms with Gasteiger partial charge in [-0.3, -0.25) is 4.79 Å². The summed E-state index contributed by atoms with van der Waals surface area (Å²) in [6, 6.07) is 9.11. The molecule has 0 saturated carbocycles. The summed E-state index contributed by atoms with van der Waals surface area (Å²) >= 11 is 5.07. The van der Waals surface area contributed by atoms with Gasteiger partial charge in [0.1, 0.15) is 5.75 Å². The summed E-state index contributed by atoms with van der Waals surface area (Å²) in [5.74, 6) is 0.227. The molecule has 0 aliphatic heterocycles. The van der Waals surface area contributed by atoms with Gasteiger partial charge in [0.25, 0.3) is 0 Å². The highest BCUT2D eigenvalue weighted by Crippen LogP contribution is 2.28. The third kappa shape index (κ3) is 3.48. The number of hydrogen-bond donors (Lipinski definition) is 2. The fourth-order valence-corrected chi connectivity index (χ4v) is 3.05. The van der Waals surface area contributed by atoms with Crippen molar-refractivity contribution in [2.75, 3.05) is 12.4 Å². The summed E-state index contributed by atoms with van der Waals surface area (Å²) < 4.78 is 6.34. The molecular weight excluding hydrogens is 328 g/mol. The number of halogens is 1. The van der Waals surface area contributed by atoms with Crippen LogP contribution in [0.3, 0.4) is 0 Å². The Kier molecular flexibility index (Phi) is 4.44. The minimum absolute atomic E-state index is 0.454. The SMILES string of the molecule is COc1ccc(C(N)=O)cc1NCc1ccc(Br)s1. The van der Waals surface area contributed by atoms with E-state index < -0.39 is 5.91 Å². The van der Waals surface area contributed by atoms with Crippen LogP contribution in [-0.2, 0) is 6.54 Å². The van der Waals surface area contributed by atoms with Gasteiger partial charge < -0.3 is 15.8 Å². The van der Waals surface area contributed by atoms with E-state index in [1.807, 2.05) is 12.1 Å². The Labute approximate surface area is 123 Å². The molecular formula is C13H13BrN2O2S. The van der Waals surface area contributed by atoms with E-state index in [4.69, 9.17) is 10.5 Å². The average molecular weight is 341 g/mol. The van der Waals surface area contributed by atoms with Crippen LogP contribution in [0.15, 0.2) is 34.1 Å². The number of amides is 1. The lowest BCUT2D eigenvalue weighted by Crippen LogP contribution is -2.11. The maximum absolute atomic E-state index is 11.2. The number of nitrogens with one attached hydrogen (secondary N) is 1. The number of thiophene rings is 1. The van der Waals surface area contributed by atoms with Crippen LogP contribution in [0.4, 0.5) is 5.69 Å². The van der Waals surface area contributed by atoms with Crippen molar-refractivity contribution >= 4 is 38.9 Å². The summed E-state index contributed by atoms with van der Waals surface area (Å²) in [5.41, 5.74) is 6.48. The normalized spacial score (nSPS) is 10.2. The molecule has 0 spiro atoms. The summed E-state index contributed by atoms with van der Waals surface area (Å²) in [6.07, 6.45) is 0. The van der Waals surface area contributed by atoms with Crippen molar-refractivity contribution in [3.8, 4) is 5.75 Å². The van der Waals surface area contributed by atoms with Crippen molar-refractivity contribution in [1.82, 2.24) is 0 Å². The van der Waals surface area contributed by atoms with Crippen molar-refractivity contribution in [3.05, 3.63) is 44.6 Å². The molecule has 0 saturated heterocycles. The van der Waals surface area contributed by atoms with Crippen molar-refractivity contribution in [2.45, 2.75) is 6.54 Å². The lowest BCUT2D eigenvalue weighted by molar-refractivity contribution is 0.100.